The Morgan fingerprint density at radius 1 is 1.06 bits per heavy atom. The van der Waals surface area contributed by atoms with Gasteiger partial charge in [0, 0.05) is 18.7 Å². The molecule has 5 nitrogen and oxygen atoms in total. The average molecular weight is 473 g/mol. The quantitative estimate of drug-likeness (QED) is 0.336. The molecule has 1 amide bonds. The molecule has 0 atom stereocenters. The fourth-order valence-corrected chi connectivity index (χ4v) is 4.94. The number of methoxy groups -OCH3 is 1. The minimum absolute atomic E-state index is 0.367. The van der Waals surface area contributed by atoms with E-state index in [2.05, 4.69) is 4.99 Å². The van der Waals surface area contributed by atoms with E-state index in [0.29, 0.717) is 45.1 Å². The highest BCUT2D eigenvalue weighted by Crippen LogP contribution is 2.30. The van der Waals surface area contributed by atoms with Crippen LogP contribution in [-0.4, -0.2) is 24.2 Å². The first kappa shape index (κ1) is 21.6. The zero-order valence-electron chi connectivity index (χ0n) is 16.5. The number of hydrogen-bond acceptors (Lipinski definition) is 4. The van der Waals surface area contributed by atoms with Crippen LogP contribution in [-0.2, 0) is 11.3 Å². The highest BCUT2D eigenvalue weighted by molar-refractivity contribution is 7.16. The van der Waals surface area contributed by atoms with Crippen LogP contribution in [0.15, 0.2) is 71.7 Å². The van der Waals surface area contributed by atoms with E-state index in [9.17, 15) is 4.79 Å². The van der Waals surface area contributed by atoms with Crippen molar-refractivity contribution in [3.8, 4) is 11.5 Å². The molecule has 31 heavy (non-hydrogen) atoms. The van der Waals surface area contributed by atoms with Gasteiger partial charge in [0.15, 0.2) is 4.80 Å². The maximum atomic E-state index is 13.1. The molecule has 0 spiro atoms. The number of aromatic nitrogens is 1. The summed E-state index contributed by atoms with van der Waals surface area (Å²) < 4.78 is 13.9. The number of para-hydroxylation sites is 2. The maximum absolute atomic E-state index is 13.1. The SMILES string of the molecule is COCCn1c(=NC(=O)c2ccccc2Oc2ccccc2)sc2cc(Cl)cc(Cl)c21. The Morgan fingerprint density at radius 3 is 2.58 bits per heavy atom. The van der Waals surface area contributed by atoms with Crippen molar-refractivity contribution >= 4 is 50.7 Å². The van der Waals surface area contributed by atoms with Gasteiger partial charge in [-0.3, -0.25) is 4.79 Å². The second kappa shape index (κ2) is 9.66. The Hall–Kier alpha value is -2.64. The lowest BCUT2D eigenvalue weighted by Crippen LogP contribution is -2.19. The lowest BCUT2D eigenvalue weighted by atomic mass is 10.2. The van der Waals surface area contributed by atoms with Crippen LogP contribution < -0.4 is 9.54 Å². The smallest absolute Gasteiger partial charge is 0.283 e. The van der Waals surface area contributed by atoms with Crippen LogP contribution in [0.5, 0.6) is 11.5 Å². The van der Waals surface area contributed by atoms with Gasteiger partial charge in [-0.2, -0.15) is 4.99 Å². The molecule has 1 aromatic heterocycles. The molecular weight excluding hydrogens is 455 g/mol. The number of halogens is 2. The summed E-state index contributed by atoms with van der Waals surface area (Å²) in [7, 11) is 1.62. The number of ether oxygens (including phenoxy) is 2. The number of hydrogen-bond donors (Lipinski definition) is 0. The minimum atomic E-state index is -0.411. The Labute approximate surface area is 193 Å². The molecule has 0 fully saturated rings. The third-order valence-corrected chi connectivity index (χ3v) is 6.03. The van der Waals surface area contributed by atoms with E-state index in [0.717, 1.165) is 10.2 Å². The van der Waals surface area contributed by atoms with Crippen LogP contribution in [0.25, 0.3) is 10.2 Å². The first-order chi connectivity index (χ1) is 15.1. The number of carbonyl (C=O) groups is 1. The van der Waals surface area contributed by atoms with Crippen LogP contribution in [0.4, 0.5) is 0 Å². The predicted octanol–water partition coefficient (Wildman–Crippen LogP) is 6.19. The normalized spacial score (nSPS) is 11.8. The van der Waals surface area contributed by atoms with Crippen LogP contribution in [0, 0.1) is 0 Å². The molecule has 0 aliphatic carbocycles. The second-order valence-corrected chi connectivity index (χ2v) is 8.44. The van der Waals surface area contributed by atoms with Gasteiger partial charge >= 0.3 is 0 Å². The summed E-state index contributed by atoms with van der Waals surface area (Å²) in [4.78, 5) is 18.0. The lowest BCUT2D eigenvalue weighted by Gasteiger charge is -2.09. The molecule has 158 valence electrons. The zero-order valence-corrected chi connectivity index (χ0v) is 18.9. The highest BCUT2D eigenvalue weighted by atomic mass is 35.5. The maximum Gasteiger partial charge on any atom is 0.283 e. The number of amides is 1. The number of rotatable bonds is 6. The molecule has 0 saturated heterocycles. The van der Waals surface area contributed by atoms with Crippen molar-refractivity contribution in [2.45, 2.75) is 6.54 Å². The topological polar surface area (TPSA) is 52.8 Å². The van der Waals surface area contributed by atoms with Gasteiger partial charge in [-0.1, -0.05) is 64.9 Å². The number of benzene rings is 3. The summed E-state index contributed by atoms with van der Waals surface area (Å²) in [6.45, 7) is 0.937. The van der Waals surface area contributed by atoms with E-state index in [4.69, 9.17) is 32.7 Å². The molecule has 4 rings (SSSR count). The van der Waals surface area contributed by atoms with E-state index in [-0.39, 0.29) is 0 Å². The molecule has 0 bridgehead atoms. The molecule has 0 aliphatic rings. The molecule has 3 aromatic carbocycles. The van der Waals surface area contributed by atoms with Crippen LogP contribution in [0.1, 0.15) is 10.4 Å². The summed E-state index contributed by atoms with van der Waals surface area (Å²) >= 11 is 14.0. The number of carbonyl (C=O) groups excluding carboxylic acids is 1. The van der Waals surface area contributed by atoms with Crippen molar-refractivity contribution in [1.82, 2.24) is 4.57 Å². The van der Waals surface area contributed by atoms with E-state index in [1.165, 1.54) is 11.3 Å². The molecule has 0 radical (unpaired) electrons. The molecule has 8 heteroatoms. The fourth-order valence-electron chi connectivity index (χ4n) is 3.10. The van der Waals surface area contributed by atoms with E-state index in [1.807, 2.05) is 47.0 Å². The Bertz CT molecular complexity index is 1300. The first-order valence-electron chi connectivity index (χ1n) is 9.45. The van der Waals surface area contributed by atoms with Crippen LogP contribution >= 0.6 is 34.5 Å². The van der Waals surface area contributed by atoms with Crippen molar-refractivity contribution in [3.63, 3.8) is 0 Å². The predicted molar refractivity (Wildman–Crippen MR) is 125 cm³/mol. The molecule has 0 unspecified atom stereocenters. The summed E-state index contributed by atoms with van der Waals surface area (Å²) in [5.74, 6) is 0.667. The number of fused-ring (bicyclic) bond motifs is 1. The summed E-state index contributed by atoms with van der Waals surface area (Å²) in [6, 6.07) is 19.8. The van der Waals surface area contributed by atoms with E-state index in [1.54, 1.807) is 31.4 Å². The molecule has 0 aliphatic heterocycles. The number of nitrogens with zero attached hydrogens (tertiary/aromatic N) is 2. The van der Waals surface area contributed by atoms with E-state index >= 15 is 0 Å². The van der Waals surface area contributed by atoms with Crippen molar-refractivity contribution in [2.24, 2.45) is 4.99 Å². The summed E-state index contributed by atoms with van der Waals surface area (Å²) in [6.07, 6.45) is 0. The van der Waals surface area contributed by atoms with Gasteiger partial charge in [-0.05, 0) is 36.4 Å². The van der Waals surface area contributed by atoms with Gasteiger partial charge in [0.05, 0.1) is 27.4 Å². The first-order valence-corrected chi connectivity index (χ1v) is 11.0. The van der Waals surface area contributed by atoms with Crippen molar-refractivity contribution in [3.05, 3.63) is 87.1 Å². The van der Waals surface area contributed by atoms with Gasteiger partial charge in [0.25, 0.3) is 5.91 Å². The minimum Gasteiger partial charge on any atom is -0.457 e. The molecule has 0 N–H and O–H groups in total. The standard InChI is InChI=1S/C23H18Cl2N2O3S/c1-29-12-11-27-21-18(25)13-15(24)14-20(21)31-23(27)26-22(28)17-9-5-6-10-19(17)30-16-7-3-2-4-8-16/h2-10,13-14H,11-12H2,1H3. The third-order valence-electron chi connectivity index (χ3n) is 4.50. The molecule has 0 saturated carbocycles. The van der Waals surface area contributed by atoms with Crippen LogP contribution in [0.3, 0.4) is 0 Å². The summed E-state index contributed by atoms with van der Waals surface area (Å²) in [5, 5.41) is 1.02. The Balaban J connectivity index is 1.79. The van der Waals surface area contributed by atoms with Gasteiger partial charge in [-0.25, -0.2) is 0 Å². The fraction of sp³-hybridized carbons (Fsp3) is 0.130. The average Bonchev–Trinajstić information content (AvgIpc) is 3.10. The van der Waals surface area contributed by atoms with Crippen molar-refractivity contribution in [1.29, 1.82) is 0 Å². The Morgan fingerprint density at radius 2 is 1.81 bits per heavy atom. The zero-order chi connectivity index (χ0) is 21.8. The largest absolute Gasteiger partial charge is 0.457 e. The summed E-state index contributed by atoms with van der Waals surface area (Å²) in [5.41, 5.74) is 1.14. The van der Waals surface area contributed by atoms with Gasteiger partial charge in [0.1, 0.15) is 11.5 Å². The molecule has 1 heterocycles. The third kappa shape index (κ3) is 4.83. The van der Waals surface area contributed by atoms with E-state index < -0.39 is 5.91 Å². The highest BCUT2D eigenvalue weighted by Gasteiger charge is 2.15. The lowest BCUT2D eigenvalue weighted by molar-refractivity contribution is 0.0995. The Kier molecular flexibility index (Phi) is 6.73. The van der Waals surface area contributed by atoms with Gasteiger partial charge in [0.2, 0.25) is 0 Å². The monoisotopic (exact) mass is 472 g/mol. The van der Waals surface area contributed by atoms with Crippen molar-refractivity contribution < 1.29 is 14.3 Å². The van der Waals surface area contributed by atoms with Gasteiger partial charge in [-0.15, -0.1) is 0 Å². The van der Waals surface area contributed by atoms with Gasteiger partial charge < -0.3 is 14.0 Å². The van der Waals surface area contributed by atoms with Crippen LogP contribution in [0.2, 0.25) is 10.0 Å². The van der Waals surface area contributed by atoms with Crippen molar-refractivity contribution in [2.75, 3.05) is 13.7 Å². The number of thiazole rings is 1. The molecule has 4 aromatic rings. The second-order valence-electron chi connectivity index (χ2n) is 6.59. The molecular formula is C23H18Cl2N2O3S.